The lowest BCUT2D eigenvalue weighted by Crippen LogP contribution is -2.25. The number of aryl methyl sites for hydroxylation is 1. The molecule has 4 heterocycles. The lowest BCUT2D eigenvalue weighted by Gasteiger charge is -2.20. The molecule has 1 fully saturated rings. The summed E-state index contributed by atoms with van der Waals surface area (Å²) in [6.45, 7) is 4.93. The molecule has 1 saturated heterocycles. The van der Waals surface area contributed by atoms with Crippen LogP contribution in [0, 0.1) is 6.92 Å². The Morgan fingerprint density at radius 2 is 2.03 bits per heavy atom. The highest BCUT2D eigenvalue weighted by atomic mass is 35.5. The van der Waals surface area contributed by atoms with E-state index < -0.39 is 11.7 Å². The number of ketones is 1. The van der Waals surface area contributed by atoms with Crippen LogP contribution in [0.25, 0.3) is 11.3 Å². The third-order valence-electron chi connectivity index (χ3n) is 5.66. The Morgan fingerprint density at radius 1 is 1.24 bits per heavy atom. The number of hydrogen-bond donors (Lipinski definition) is 0. The van der Waals surface area contributed by atoms with E-state index in [0.717, 1.165) is 30.3 Å². The number of carbonyl (C=O) groups excluding carboxylic acids is 1. The number of nitrogens with zero attached hydrogens (tertiary/aromatic N) is 5. The van der Waals surface area contributed by atoms with Gasteiger partial charge in [0.1, 0.15) is 15.9 Å². The largest absolute Gasteiger partial charge is 0.418 e. The van der Waals surface area contributed by atoms with E-state index in [1.165, 1.54) is 36.9 Å². The van der Waals surface area contributed by atoms with E-state index in [-0.39, 0.29) is 34.3 Å². The summed E-state index contributed by atoms with van der Waals surface area (Å²) in [5, 5.41) is 0.681. The summed E-state index contributed by atoms with van der Waals surface area (Å²) in [6, 6.07) is 1.46. The van der Waals surface area contributed by atoms with Gasteiger partial charge in [0.25, 0.3) is 0 Å². The van der Waals surface area contributed by atoms with Crippen molar-refractivity contribution in [1.29, 1.82) is 0 Å². The number of carbonyl (C=O) groups is 1. The van der Waals surface area contributed by atoms with Crippen LogP contribution in [0.4, 0.5) is 13.2 Å². The SMILES string of the molecule is Cc1ncc(-c2nc(CC(=O)c3cnc(Cl)cn3)sc2CN2CCC[C@H]2C)cc1C(F)(F)F. The monoisotopic (exact) mass is 495 g/mol. The first-order valence-electron chi connectivity index (χ1n) is 10.4. The minimum absolute atomic E-state index is 0.0328. The average molecular weight is 496 g/mol. The molecule has 0 unspecified atom stereocenters. The molecule has 0 bridgehead atoms. The van der Waals surface area contributed by atoms with Crippen molar-refractivity contribution in [2.45, 2.75) is 51.9 Å². The summed E-state index contributed by atoms with van der Waals surface area (Å²) in [7, 11) is 0. The van der Waals surface area contributed by atoms with Gasteiger partial charge >= 0.3 is 6.18 Å². The third kappa shape index (κ3) is 5.39. The highest BCUT2D eigenvalue weighted by molar-refractivity contribution is 7.12. The van der Waals surface area contributed by atoms with E-state index in [4.69, 9.17) is 11.6 Å². The molecule has 174 valence electrons. The fourth-order valence-corrected chi connectivity index (χ4v) is 5.07. The van der Waals surface area contributed by atoms with Gasteiger partial charge in [-0.25, -0.2) is 15.0 Å². The molecule has 0 amide bonds. The second-order valence-electron chi connectivity index (χ2n) is 8.02. The Kier molecular flexibility index (Phi) is 6.78. The molecule has 0 aromatic carbocycles. The second-order valence-corrected chi connectivity index (χ2v) is 9.58. The number of pyridine rings is 1. The number of likely N-dealkylation sites (tertiary alicyclic amines) is 1. The molecule has 33 heavy (non-hydrogen) atoms. The second kappa shape index (κ2) is 9.44. The van der Waals surface area contributed by atoms with Gasteiger partial charge < -0.3 is 0 Å². The van der Waals surface area contributed by atoms with Gasteiger partial charge in [-0.05, 0) is 39.3 Å². The maximum absolute atomic E-state index is 13.5. The fraction of sp³-hybridized carbons (Fsp3) is 0.409. The molecule has 1 aliphatic heterocycles. The van der Waals surface area contributed by atoms with Crippen molar-refractivity contribution < 1.29 is 18.0 Å². The Hall–Kier alpha value is -2.43. The standard InChI is InChI=1S/C22H21ClF3N5OS/c1-12-4-3-5-31(12)11-18-21(14-6-15(22(24,25)26)13(2)27-8-14)30-20(33-18)7-17(32)16-9-29-19(23)10-28-16/h6,8-10,12H,3-5,7,11H2,1-2H3/t12-/m1/s1. The number of Topliss-reactive ketones (excluding diaryl/α,β-unsaturated/α-hetero) is 1. The molecule has 0 radical (unpaired) electrons. The van der Waals surface area contributed by atoms with Gasteiger partial charge in [-0.2, -0.15) is 13.2 Å². The van der Waals surface area contributed by atoms with Crippen LogP contribution in [0.3, 0.4) is 0 Å². The zero-order valence-corrected chi connectivity index (χ0v) is 19.6. The van der Waals surface area contributed by atoms with Crippen molar-refractivity contribution in [2.24, 2.45) is 0 Å². The zero-order valence-electron chi connectivity index (χ0n) is 18.0. The number of halogens is 4. The minimum Gasteiger partial charge on any atom is -0.296 e. The van der Waals surface area contributed by atoms with Gasteiger partial charge in [0, 0.05) is 34.9 Å². The molecule has 0 spiro atoms. The van der Waals surface area contributed by atoms with Crippen LogP contribution in [0.1, 0.15) is 51.4 Å². The van der Waals surface area contributed by atoms with Gasteiger partial charge in [-0.3, -0.25) is 14.7 Å². The number of hydrogen-bond acceptors (Lipinski definition) is 7. The van der Waals surface area contributed by atoms with Crippen LogP contribution in [0.5, 0.6) is 0 Å². The molecule has 11 heteroatoms. The number of alkyl halides is 3. The zero-order chi connectivity index (χ0) is 23.8. The minimum atomic E-state index is -4.52. The summed E-state index contributed by atoms with van der Waals surface area (Å²) in [5.41, 5.74) is -0.00390. The predicted molar refractivity (Wildman–Crippen MR) is 119 cm³/mol. The van der Waals surface area contributed by atoms with E-state index in [2.05, 4.69) is 31.8 Å². The van der Waals surface area contributed by atoms with Gasteiger partial charge in [0.2, 0.25) is 0 Å². The molecule has 1 atom stereocenters. The molecule has 3 aromatic rings. The molecule has 1 aliphatic rings. The van der Waals surface area contributed by atoms with Crippen molar-refractivity contribution in [1.82, 2.24) is 24.8 Å². The normalized spacial score (nSPS) is 17.0. The number of aromatic nitrogens is 4. The highest BCUT2D eigenvalue weighted by Crippen LogP contribution is 2.36. The smallest absolute Gasteiger partial charge is 0.296 e. The topological polar surface area (TPSA) is 71.9 Å². The molecule has 4 rings (SSSR count). The average Bonchev–Trinajstić information content (AvgIpc) is 3.34. The molecule has 0 aliphatic carbocycles. The van der Waals surface area contributed by atoms with Crippen LogP contribution in [0.2, 0.25) is 5.15 Å². The van der Waals surface area contributed by atoms with Crippen LogP contribution in [-0.2, 0) is 19.1 Å². The van der Waals surface area contributed by atoms with Crippen molar-refractivity contribution in [3.8, 4) is 11.3 Å². The van der Waals surface area contributed by atoms with Crippen LogP contribution in [-0.4, -0.2) is 43.2 Å². The first kappa shape index (κ1) is 23.7. The van der Waals surface area contributed by atoms with Crippen molar-refractivity contribution in [3.05, 3.63) is 56.6 Å². The molecule has 0 saturated carbocycles. The summed E-state index contributed by atoms with van der Waals surface area (Å²) in [5.74, 6) is -0.293. The summed E-state index contributed by atoms with van der Waals surface area (Å²) in [6.07, 6.45) is 1.59. The first-order valence-corrected chi connectivity index (χ1v) is 11.6. The summed E-state index contributed by atoms with van der Waals surface area (Å²) >= 11 is 7.06. The Labute approximate surface area is 197 Å². The quantitative estimate of drug-likeness (QED) is 0.427. The van der Waals surface area contributed by atoms with E-state index in [1.54, 1.807) is 0 Å². The number of thiazole rings is 1. The fourth-order valence-electron chi connectivity index (χ4n) is 3.85. The van der Waals surface area contributed by atoms with E-state index >= 15 is 0 Å². The van der Waals surface area contributed by atoms with Crippen molar-refractivity contribution >= 4 is 28.7 Å². The molecule has 0 N–H and O–H groups in total. The van der Waals surface area contributed by atoms with Crippen molar-refractivity contribution in [2.75, 3.05) is 6.54 Å². The van der Waals surface area contributed by atoms with Crippen LogP contribution in [0.15, 0.2) is 24.7 Å². The molecular weight excluding hydrogens is 475 g/mol. The van der Waals surface area contributed by atoms with Crippen LogP contribution < -0.4 is 0 Å². The van der Waals surface area contributed by atoms with Gasteiger partial charge in [0.05, 0.1) is 30.1 Å². The van der Waals surface area contributed by atoms with Gasteiger partial charge in [-0.15, -0.1) is 11.3 Å². The van der Waals surface area contributed by atoms with Crippen LogP contribution >= 0.6 is 22.9 Å². The van der Waals surface area contributed by atoms with E-state index in [0.29, 0.717) is 23.3 Å². The molecule has 3 aromatic heterocycles. The Balaban J connectivity index is 1.69. The summed E-state index contributed by atoms with van der Waals surface area (Å²) < 4.78 is 40.5. The van der Waals surface area contributed by atoms with Crippen molar-refractivity contribution in [3.63, 3.8) is 0 Å². The Morgan fingerprint density at radius 3 is 2.67 bits per heavy atom. The molecule has 6 nitrogen and oxygen atoms in total. The van der Waals surface area contributed by atoms with E-state index in [1.807, 2.05) is 0 Å². The summed E-state index contributed by atoms with van der Waals surface area (Å²) in [4.78, 5) is 32.2. The molecular formula is C22H21ClF3N5OS. The highest BCUT2D eigenvalue weighted by Gasteiger charge is 2.34. The Bertz CT molecular complexity index is 1170. The maximum Gasteiger partial charge on any atom is 0.418 e. The van der Waals surface area contributed by atoms with Gasteiger partial charge in [-0.1, -0.05) is 11.6 Å². The van der Waals surface area contributed by atoms with E-state index in [9.17, 15) is 18.0 Å². The third-order valence-corrected chi connectivity index (χ3v) is 6.90. The lowest BCUT2D eigenvalue weighted by atomic mass is 10.1. The lowest BCUT2D eigenvalue weighted by molar-refractivity contribution is -0.138. The van der Waals surface area contributed by atoms with Gasteiger partial charge in [0.15, 0.2) is 5.78 Å². The first-order chi connectivity index (χ1) is 15.6. The predicted octanol–water partition coefficient (Wildman–Crippen LogP) is 5.39. The number of rotatable bonds is 6. The maximum atomic E-state index is 13.5.